The zero-order valence-electron chi connectivity index (χ0n) is 17.2. The van der Waals surface area contributed by atoms with Gasteiger partial charge in [0.05, 0.1) is 6.61 Å². The molecule has 154 valence electrons. The number of nitrogens with zero attached hydrogens (tertiary/aromatic N) is 1. The number of hydrogen-bond donors (Lipinski definition) is 1. The Balaban J connectivity index is 1.81. The molecule has 0 radical (unpaired) electrons. The maximum atomic E-state index is 11.5. The van der Waals surface area contributed by atoms with E-state index in [0.717, 1.165) is 32.1 Å². The molecule has 27 heavy (non-hydrogen) atoms. The van der Waals surface area contributed by atoms with Crippen LogP contribution < -0.4 is 5.32 Å². The molecule has 0 aromatic rings. The van der Waals surface area contributed by atoms with E-state index >= 15 is 0 Å². The lowest BCUT2D eigenvalue weighted by Gasteiger charge is -2.19. The zero-order chi connectivity index (χ0) is 20.1. The number of hydrogen-bond acceptors (Lipinski definition) is 4. The van der Waals surface area contributed by atoms with E-state index in [9.17, 15) is 14.4 Å². The predicted molar refractivity (Wildman–Crippen MR) is 106 cm³/mol. The summed E-state index contributed by atoms with van der Waals surface area (Å²) in [7, 11) is 0. The molecular weight excluding hydrogens is 344 g/mol. The van der Waals surface area contributed by atoms with Crippen LogP contribution >= 0.6 is 0 Å². The van der Waals surface area contributed by atoms with Gasteiger partial charge in [-0.15, -0.1) is 0 Å². The van der Waals surface area contributed by atoms with Crippen molar-refractivity contribution in [2.75, 3.05) is 13.2 Å². The van der Waals surface area contributed by atoms with E-state index in [0.29, 0.717) is 13.2 Å². The number of carbonyl (C=O) groups excluding carboxylic acids is 3. The van der Waals surface area contributed by atoms with Gasteiger partial charge in [-0.25, -0.2) is 4.79 Å². The molecule has 6 heteroatoms. The minimum atomic E-state index is -0.336. The monoisotopic (exact) mass is 380 g/mol. The van der Waals surface area contributed by atoms with E-state index in [1.807, 2.05) is 20.8 Å². The Bertz CT molecular complexity index is 491. The van der Waals surface area contributed by atoms with Crippen molar-refractivity contribution < 1.29 is 19.1 Å². The molecule has 1 N–H and O–H groups in total. The van der Waals surface area contributed by atoms with Crippen molar-refractivity contribution >= 4 is 17.9 Å². The molecule has 0 aromatic carbocycles. The fourth-order valence-corrected chi connectivity index (χ4v) is 2.94. The fraction of sp³-hybridized carbons (Fsp3) is 0.762. The van der Waals surface area contributed by atoms with Gasteiger partial charge in [-0.2, -0.15) is 0 Å². The molecule has 1 aliphatic rings. The van der Waals surface area contributed by atoms with E-state index in [2.05, 4.69) is 5.32 Å². The summed E-state index contributed by atoms with van der Waals surface area (Å²) < 4.78 is 5.15. The lowest BCUT2D eigenvalue weighted by molar-refractivity contribution is -0.136. The van der Waals surface area contributed by atoms with E-state index in [4.69, 9.17) is 4.74 Å². The molecule has 1 heterocycles. The van der Waals surface area contributed by atoms with Crippen molar-refractivity contribution in [3.63, 3.8) is 0 Å². The van der Waals surface area contributed by atoms with E-state index in [1.165, 1.54) is 49.2 Å². The average molecular weight is 381 g/mol. The van der Waals surface area contributed by atoms with Gasteiger partial charge in [0.15, 0.2) is 0 Å². The van der Waals surface area contributed by atoms with E-state index < -0.39 is 0 Å². The molecule has 0 bridgehead atoms. The smallest absolute Gasteiger partial charge is 0.407 e. The van der Waals surface area contributed by atoms with Crippen LogP contribution in [0.2, 0.25) is 0 Å². The van der Waals surface area contributed by atoms with Crippen LogP contribution in [0.4, 0.5) is 4.79 Å². The van der Waals surface area contributed by atoms with Gasteiger partial charge in [0, 0.05) is 24.2 Å². The van der Waals surface area contributed by atoms with Crippen LogP contribution in [0.15, 0.2) is 12.2 Å². The molecule has 0 aliphatic carbocycles. The summed E-state index contributed by atoms with van der Waals surface area (Å²) in [4.78, 5) is 35.6. The number of unbranched alkanes of at least 4 members (excludes halogenated alkanes) is 9. The Hall–Kier alpha value is -1.85. The molecule has 0 saturated heterocycles. The molecule has 1 aliphatic heterocycles. The third-order valence-corrected chi connectivity index (χ3v) is 4.39. The number of imide groups is 1. The van der Waals surface area contributed by atoms with Crippen LogP contribution in [0, 0.1) is 0 Å². The molecule has 0 spiro atoms. The topological polar surface area (TPSA) is 75.7 Å². The quantitative estimate of drug-likeness (QED) is 0.381. The molecule has 3 amide bonds. The van der Waals surface area contributed by atoms with Crippen LogP contribution in [-0.2, 0) is 14.3 Å². The summed E-state index contributed by atoms with van der Waals surface area (Å²) in [5.74, 6) is -0.361. The minimum Gasteiger partial charge on any atom is -0.450 e. The first kappa shape index (κ1) is 23.2. The first-order chi connectivity index (χ1) is 12.8. The number of rotatable bonds is 13. The van der Waals surface area contributed by atoms with E-state index in [1.54, 1.807) is 0 Å². The second-order valence-corrected chi connectivity index (χ2v) is 8.21. The summed E-state index contributed by atoms with van der Waals surface area (Å²) in [6.07, 6.45) is 13.5. The second-order valence-electron chi connectivity index (χ2n) is 8.21. The number of alkyl carbamates (subject to hydrolysis) is 1. The number of ether oxygens (including phenoxy) is 1. The van der Waals surface area contributed by atoms with Gasteiger partial charge < -0.3 is 10.1 Å². The molecule has 0 aromatic heterocycles. The average Bonchev–Trinajstić information content (AvgIpc) is 2.89. The normalized spacial score (nSPS) is 14.1. The number of carbonyl (C=O) groups is 3. The second kappa shape index (κ2) is 12.5. The third kappa shape index (κ3) is 11.5. The minimum absolute atomic E-state index is 0.180. The van der Waals surface area contributed by atoms with Gasteiger partial charge in [-0.05, 0) is 33.6 Å². The highest BCUT2D eigenvalue weighted by Crippen LogP contribution is 2.12. The first-order valence-electron chi connectivity index (χ1n) is 10.3. The molecule has 0 atom stereocenters. The van der Waals surface area contributed by atoms with Gasteiger partial charge in [0.25, 0.3) is 11.8 Å². The molecule has 1 rings (SSSR count). The van der Waals surface area contributed by atoms with Crippen LogP contribution in [-0.4, -0.2) is 41.5 Å². The highest BCUT2D eigenvalue weighted by atomic mass is 16.5. The molecule has 0 unspecified atom stereocenters. The molecule has 6 nitrogen and oxygen atoms in total. The SMILES string of the molecule is CC(C)(C)NC(=O)OCCCCCCCCCCCCN1C(=O)C=CC1=O. The number of nitrogens with one attached hydrogen (secondary N) is 1. The Morgan fingerprint density at radius 2 is 1.30 bits per heavy atom. The van der Waals surface area contributed by atoms with Gasteiger partial charge >= 0.3 is 6.09 Å². The zero-order valence-corrected chi connectivity index (χ0v) is 17.2. The van der Waals surface area contributed by atoms with Crippen molar-refractivity contribution in [3.8, 4) is 0 Å². The standard InChI is InChI=1S/C21H36N2O4/c1-21(2,3)22-20(26)27-17-13-11-9-7-5-4-6-8-10-12-16-23-18(24)14-15-19(23)25/h14-15H,4-13,16-17H2,1-3H3,(H,22,26). The summed E-state index contributed by atoms with van der Waals surface area (Å²) in [6, 6.07) is 0. The maximum Gasteiger partial charge on any atom is 0.407 e. The van der Waals surface area contributed by atoms with Crippen molar-refractivity contribution in [3.05, 3.63) is 12.2 Å². The predicted octanol–water partition coefficient (Wildman–Crippen LogP) is 4.34. The van der Waals surface area contributed by atoms with Crippen LogP contribution in [0.5, 0.6) is 0 Å². The maximum absolute atomic E-state index is 11.5. The summed E-state index contributed by atoms with van der Waals surface area (Å²) >= 11 is 0. The van der Waals surface area contributed by atoms with Crippen molar-refractivity contribution in [1.82, 2.24) is 10.2 Å². The summed E-state index contributed by atoms with van der Waals surface area (Å²) in [5.41, 5.74) is -0.253. The van der Waals surface area contributed by atoms with Gasteiger partial charge in [-0.1, -0.05) is 51.4 Å². The number of amides is 3. The van der Waals surface area contributed by atoms with Crippen LogP contribution in [0.25, 0.3) is 0 Å². The first-order valence-corrected chi connectivity index (χ1v) is 10.3. The largest absolute Gasteiger partial charge is 0.450 e. The highest BCUT2D eigenvalue weighted by Gasteiger charge is 2.22. The van der Waals surface area contributed by atoms with Crippen molar-refractivity contribution in [1.29, 1.82) is 0 Å². The summed E-state index contributed by atoms with van der Waals surface area (Å²) in [5, 5.41) is 2.78. The summed E-state index contributed by atoms with van der Waals surface area (Å²) in [6.45, 7) is 6.82. The van der Waals surface area contributed by atoms with Crippen LogP contribution in [0.1, 0.15) is 85.0 Å². The van der Waals surface area contributed by atoms with Crippen molar-refractivity contribution in [2.24, 2.45) is 0 Å². The van der Waals surface area contributed by atoms with Gasteiger partial charge in [0.1, 0.15) is 0 Å². The Morgan fingerprint density at radius 1 is 0.852 bits per heavy atom. The lowest BCUT2D eigenvalue weighted by Crippen LogP contribution is -2.41. The van der Waals surface area contributed by atoms with Crippen molar-refractivity contribution in [2.45, 2.75) is 90.5 Å². The van der Waals surface area contributed by atoms with Crippen LogP contribution in [0.3, 0.4) is 0 Å². The Labute approximate surface area is 163 Å². The Morgan fingerprint density at radius 3 is 1.78 bits per heavy atom. The van der Waals surface area contributed by atoms with Gasteiger partial charge in [-0.3, -0.25) is 14.5 Å². The molecule has 0 fully saturated rings. The highest BCUT2D eigenvalue weighted by molar-refractivity contribution is 6.12. The molecular formula is C21H36N2O4. The fourth-order valence-electron chi connectivity index (χ4n) is 2.94. The molecule has 0 saturated carbocycles. The Kier molecular flexibility index (Phi) is 10.8. The lowest BCUT2D eigenvalue weighted by atomic mass is 10.1. The third-order valence-electron chi connectivity index (χ3n) is 4.39. The van der Waals surface area contributed by atoms with Gasteiger partial charge in [0.2, 0.25) is 0 Å². The van der Waals surface area contributed by atoms with E-state index in [-0.39, 0.29) is 23.4 Å².